The van der Waals surface area contributed by atoms with Crippen LogP contribution in [-0.2, 0) is 4.74 Å². The lowest BCUT2D eigenvalue weighted by atomic mass is 10.0. The zero-order valence-electron chi connectivity index (χ0n) is 11.0. The minimum absolute atomic E-state index is 0.0238. The van der Waals surface area contributed by atoms with Crippen molar-refractivity contribution < 1.29 is 4.74 Å². The summed E-state index contributed by atoms with van der Waals surface area (Å²) in [7, 11) is 0. The Morgan fingerprint density at radius 1 is 1.53 bits per heavy atom. The van der Waals surface area contributed by atoms with Crippen molar-refractivity contribution in [3.05, 3.63) is 17.5 Å². The molecule has 1 aliphatic rings. The average Bonchev–Trinajstić information content (AvgIpc) is 2.91. The third-order valence-electron chi connectivity index (χ3n) is 3.85. The molecule has 1 saturated heterocycles. The van der Waals surface area contributed by atoms with Crippen molar-refractivity contribution >= 4 is 28.5 Å². The standard InChI is InChI=1S/C13H17ClN4O/c1-3-9-7(2)4-10(19-9)18-5-8(14)11-12(15)16-6-17-13(11)18/h5-7,9-10H,3-4H2,1-2H3,(H2,15,16,17)/t7-,9+,10+/m0/s1. The van der Waals surface area contributed by atoms with Crippen molar-refractivity contribution in [3.63, 3.8) is 0 Å². The molecule has 19 heavy (non-hydrogen) atoms. The predicted molar refractivity (Wildman–Crippen MR) is 74.9 cm³/mol. The van der Waals surface area contributed by atoms with Gasteiger partial charge in [0, 0.05) is 6.20 Å². The van der Waals surface area contributed by atoms with E-state index in [-0.39, 0.29) is 6.23 Å². The first kappa shape index (κ1) is 12.7. The number of fused-ring (bicyclic) bond motifs is 1. The lowest BCUT2D eigenvalue weighted by Gasteiger charge is -2.15. The molecular formula is C13H17ClN4O. The van der Waals surface area contributed by atoms with Crippen molar-refractivity contribution in [2.24, 2.45) is 5.92 Å². The number of halogens is 1. The van der Waals surface area contributed by atoms with Gasteiger partial charge in [-0.2, -0.15) is 0 Å². The number of nitrogens with two attached hydrogens (primary N) is 1. The van der Waals surface area contributed by atoms with Crippen LogP contribution >= 0.6 is 11.6 Å². The van der Waals surface area contributed by atoms with E-state index < -0.39 is 0 Å². The molecule has 3 heterocycles. The molecule has 0 unspecified atom stereocenters. The first-order valence-corrected chi connectivity index (χ1v) is 6.91. The van der Waals surface area contributed by atoms with Gasteiger partial charge < -0.3 is 15.0 Å². The summed E-state index contributed by atoms with van der Waals surface area (Å²) in [6, 6.07) is 0. The maximum absolute atomic E-state index is 6.23. The van der Waals surface area contributed by atoms with E-state index >= 15 is 0 Å². The van der Waals surface area contributed by atoms with Crippen LogP contribution < -0.4 is 5.73 Å². The van der Waals surface area contributed by atoms with Gasteiger partial charge in [0.05, 0.1) is 16.5 Å². The van der Waals surface area contributed by atoms with E-state index in [2.05, 4.69) is 23.8 Å². The van der Waals surface area contributed by atoms with Crippen LogP contribution in [0.3, 0.4) is 0 Å². The number of nitrogens with zero attached hydrogens (tertiary/aromatic N) is 3. The summed E-state index contributed by atoms with van der Waals surface area (Å²) < 4.78 is 8.05. The Kier molecular flexibility index (Phi) is 3.11. The Morgan fingerprint density at radius 3 is 3.00 bits per heavy atom. The van der Waals surface area contributed by atoms with Crippen LogP contribution in [0.15, 0.2) is 12.5 Å². The van der Waals surface area contributed by atoms with E-state index in [0.717, 1.165) is 18.5 Å². The molecule has 3 atom stereocenters. The Morgan fingerprint density at radius 2 is 2.32 bits per heavy atom. The minimum atomic E-state index is -0.0238. The average molecular weight is 281 g/mol. The van der Waals surface area contributed by atoms with E-state index in [1.165, 1.54) is 6.33 Å². The maximum Gasteiger partial charge on any atom is 0.149 e. The fraction of sp³-hybridized carbons (Fsp3) is 0.538. The van der Waals surface area contributed by atoms with Crippen molar-refractivity contribution in [2.45, 2.75) is 39.0 Å². The molecule has 1 aliphatic heterocycles. The third-order valence-corrected chi connectivity index (χ3v) is 4.13. The molecule has 0 saturated carbocycles. The van der Waals surface area contributed by atoms with Gasteiger partial charge in [0.2, 0.25) is 0 Å². The summed E-state index contributed by atoms with van der Waals surface area (Å²) in [5.74, 6) is 0.942. The largest absolute Gasteiger partial charge is 0.383 e. The number of rotatable bonds is 2. The Balaban J connectivity index is 2.05. The number of nitrogen functional groups attached to an aromatic ring is 1. The summed E-state index contributed by atoms with van der Waals surface area (Å²) in [4.78, 5) is 8.27. The van der Waals surface area contributed by atoms with E-state index in [0.29, 0.717) is 28.2 Å². The van der Waals surface area contributed by atoms with Crippen LogP contribution in [0.1, 0.15) is 32.9 Å². The van der Waals surface area contributed by atoms with Crippen LogP contribution in [0.25, 0.3) is 11.0 Å². The lowest BCUT2D eigenvalue weighted by molar-refractivity contribution is -0.00274. The van der Waals surface area contributed by atoms with Gasteiger partial charge >= 0.3 is 0 Å². The molecule has 5 nitrogen and oxygen atoms in total. The van der Waals surface area contributed by atoms with Gasteiger partial charge in [-0.15, -0.1) is 0 Å². The van der Waals surface area contributed by atoms with Gasteiger partial charge in [0.1, 0.15) is 24.0 Å². The van der Waals surface area contributed by atoms with Crippen LogP contribution in [0.2, 0.25) is 5.02 Å². The Bertz CT molecular complexity index is 612. The van der Waals surface area contributed by atoms with Gasteiger partial charge in [-0.25, -0.2) is 9.97 Å². The number of anilines is 1. The molecular weight excluding hydrogens is 264 g/mol. The molecule has 0 spiro atoms. The zero-order valence-corrected chi connectivity index (χ0v) is 11.8. The molecule has 0 amide bonds. The number of hydrogen-bond acceptors (Lipinski definition) is 4. The zero-order chi connectivity index (χ0) is 13.6. The van der Waals surface area contributed by atoms with Gasteiger partial charge in [-0.05, 0) is 18.8 Å². The summed E-state index contributed by atoms with van der Waals surface area (Å²) in [5.41, 5.74) is 6.60. The van der Waals surface area contributed by atoms with Crippen LogP contribution in [0, 0.1) is 5.92 Å². The van der Waals surface area contributed by atoms with Crippen LogP contribution in [0.4, 0.5) is 5.82 Å². The van der Waals surface area contributed by atoms with Gasteiger partial charge in [-0.3, -0.25) is 0 Å². The molecule has 2 aromatic rings. The van der Waals surface area contributed by atoms with Crippen molar-refractivity contribution in [2.75, 3.05) is 5.73 Å². The number of ether oxygens (including phenoxy) is 1. The number of aromatic nitrogens is 3. The molecule has 102 valence electrons. The molecule has 6 heteroatoms. The SMILES string of the molecule is CC[C@H]1O[C@@H](n2cc(Cl)c3c(N)ncnc32)C[C@@H]1C. The fourth-order valence-electron chi connectivity index (χ4n) is 2.82. The minimum Gasteiger partial charge on any atom is -0.383 e. The van der Waals surface area contributed by atoms with Gasteiger partial charge in [0.15, 0.2) is 0 Å². The molecule has 0 aromatic carbocycles. The van der Waals surface area contributed by atoms with E-state index in [4.69, 9.17) is 22.1 Å². The molecule has 2 aromatic heterocycles. The Hall–Kier alpha value is -1.33. The van der Waals surface area contributed by atoms with Crippen molar-refractivity contribution in [3.8, 4) is 0 Å². The second-order valence-corrected chi connectivity index (χ2v) is 5.50. The van der Waals surface area contributed by atoms with Crippen molar-refractivity contribution in [1.82, 2.24) is 14.5 Å². The molecule has 0 radical (unpaired) electrons. The monoisotopic (exact) mass is 280 g/mol. The smallest absolute Gasteiger partial charge is 0.149 e. The molecule has 2 N–H and O–H groups in total. The summed E-state index contributed by atoms with van der Waals surface area (Å²) in [5, 5.41) is 1.28. The molecule has 0 bridgehead atoms. The van der Waals surface area contributed by atoms with Gasteiger partial charge in [-0.1, -0.05) is 25.4 Å². The predicted octanol–water partition coefficient (Wildman–Crippen LogP) is 3.00. The quantitative estimate of drug-likeness (QED) is 0.918. The van der Waals surface area contributed by atoms with E-state index in [9.17, 15) is 0 Å². The van der Waals surface area contributed by atoms with E-state index in [1.807, 2.05) is 10.8 Å². The molecule has 0 aliphatic carbocycles. The summed E-state index contributed by atoms with van der Waals surface area (Å²) in [6.07, 6.45) is 5.54. The lowest BCUT2D eigenvalue weighted by Crippen LogP contribution is -2.12. The van der Waals surface area contributed by atoms with E-state index in [1.54, 1.807) is 0 Å². The molecule has 3 rings (SSSR count). The highest BCUT2D eigenvalue weighted by atomic mass is 35.5. The third kappa shape index (κ3) is 1.97. The van der Waals surface area contributed by atoms with Crippen LogP contribution in [0.5, 0.6) is 0 Å². The number of hydrogen-bond donors (Lipinski definition) is 1. The molecule has 1 fully saturated rings. The van der Waals surface area contributed by atoms with Gasteiger partial charge in [0.25, 0.3) is 0 Å². The Labute approximate surface area is 116 Å². The second kappa shape index (κ2) is 4.65. The highest BCUT2D eigenvalue weighted by Gasteiger charge is 2.33. The topological polar surface area (TPSA) is 66.0 Å². The second-order valence-electron chi connectivity index (χ2n) is 5.09. The first-order valence-electron chi connectivity index (χ1n) is 6.53. The highest BCUT2D eigenvalue weighted by molar-refractivity contribution is 6.36. The fourth-order valence-corrected chi connectivity index (χ4v) is 3.11. The van der Waals surface area contributed by atoms with Crippen molar-refractivity contribution in [1.29, 1.82) is 0 Å². The summed E-state index contributed by atoms with van der Waals surface area (Å²) in [6.45, 7) is 4.36. The van der Waals surface area contributed by atoms with Crippen LogP contribution in [-0.4, -0.2) is 20.6 Å². The normalized spacial score (nSPS) is 27.2. The maximum atomic E-state index is 6.23. The first-order chi connectivity index (χ1) is 9.11. The summed E-state index contributed by atoms with van der Waals surface area (Å²) >= 11 is 6.23. The highest BCUT2D eigenvalue weighted by Crippen LogP contribution is 2.38.